The second kappa shape index (κ2) is 6.53. The van der Waals surface area contributed by atoms with Crippen LogP contribution in [0.4, 0.5) is 0 Å². The van der Waals surface area contributed by atoms with Gasteiger partial charge in [0.05, 0.1) is 0 Å². The lowest BCUT2D eigenvalue weighted by Gasteiger charge is -2.51. The highest BCUT2D eigenvalue weighted by atomic mass is 15.9. The number of likely N-dealkylation sites (tertiary alicyclic amines) is 1. The molecule has 0 radical (unpaired) electrons. The minimum atomic E-state index is 0.828. The summed E-state index contributed by atoms with van der Waals surface area (Å²) < 4.78 is 0. The highest BCUT2D eigenvalue weighted by molar-refractivity contribution is 4.76. The Morgan fingerprint density at radius 3 is 2.32 bits per heavy atom. The van der Waals surface area contributed by atoms with Crippen LogP contribution in [0.2, 0.25) is 0 Å². The molecule has 3 aliphatic heterocycles. The molecule has 110 valence electrons. The quantitative estimate of drug-likeness (QED) is 0.752. The molecule has 1 unspecified atom stereocenters. The fraction of sp³-hybridized carbons (Fsp3) is 1.00. The number of hydrazine groups is 2. The molecule has 19 heavy (non-hydrogen) atoms. The van der Waals surface area contributed by atoms with Crippen molar-refractivity contribution in [3.05, 3.63) is 0 Å². The van der Waals surface area contributed by atoms with Crippen LogP contribution in [-0.2, 0) is 0 Å². The molecule has 0 aliphatic carbocycles. The molecule has 0 aromatic carbocycles. The first-order chi connectivity index (χ1) is 9.34. The van der Waals surface area contributed by atoms with E-state index >= 15 is 0 Å². The highest BCUT2D eigenvalue weighted by Gasteiger charge is 2.31. The Morgan fingerprint density at radius 2 is 1.68 bits per heavy atom. The van der Waals surface area contributed by atoms with Gasteiger partial charge < -0.3 is 4.90 Å². The van der Waals surface area contributed by atoms with E-state index < -0.39 is 0 Å². The second-order valence-corrected chi connectivity index (χ2v) is 6.44. The first kappa shape index (κ1) is 13.8. The average Bonchev–Trinajstić information content (AvgIpc) is 2.80. The molecule has 0 aromatic rings. The van der Waals surface area contributed by atoms with Gasteiger partial charge in [0.15, 0.2) is 0 Å². The number of hydrogen-bond donors (Lipinski definition) is 0. The van der Waals surface area contributed by atoms with Crippen LogP contribution in [0.3, 0.4) is 0 Å². The van der Waals surface area contributed by atoms with Crippen molar-refractivity contribution in [1.82, 2.24) is 20.0 Å². The third kappa shape index (κ3) is 3.30. The lowest BCUT2D eigenvalue weighted by atomic mass is 10.2. The Labute approximate surface area is 118 Å². The summed E-state index contributed by atoms with van der Waals surface area (Å²) in [5.41, 5.74) is 0. The van der Waals surface area contributed by atoms with Gasteiger partial charge in [-0.25, -0.2) is 10.0 Å². The van der Waals surface area contributed by atoms with E-state index in [0.29, 0.717) is 0 Å². The fourth-order valence-corrected chi connectivity index (χ4v) is 3.77. The van der Waals surface area contributed by atoms with E-state index in [4.69, 9.17) is 0 Å². The van der Waals surface area contributed by atoms with Crippen LogP contribution in [0.1, 0.15) is 45.4 Å². The zero-order valence-corrected chi connectivity index (χ0v) is 12.6. The summed E-state index contributed by atoms with van der Waals surface area (Å²) in [5.74, 6) is 0. The third-order valence-electron chi connectivity index (χ3n) is 5.10. The van der Waals surface area contributed by atoms with Crippen LogP contribution in [0.15, 0.2) is 0 Å². The van der Waals surface area contributed by atoms with E-state index in [0.717, 1.165) is 6.04 Å². The third-order valence-corrected chi connectivity index (χ3v) is 5.10. The SMILES string of the molecule is CC1CCCN1CCCN1CCN1N1CCCCC1. The monoisotopic (exact) mass is 266 g/mol. The van der Waals surface area contributed by atoms with Gasteiger partial charge in [0.25, 0.3) is 0 Å². The molecule has 3 rings (SSSR count). The van der Waals surface area contributed by atoms with Crippen molar-refractivity contribution in [3.8, 4) is 0 Å². The summed E-state index contributed by atoms with van der Waals surface area (Å²) >= 11 is 0. The minimum absolute atomic E-state index is 0.828. The van der Waals surface area contributed by atoms with Crippen molar-refractivity contribution >= 4 is 0 Å². The van der Waals surface area contributed by atoms with Crippen LogP contribution in [-0.4, -0.2) is 71.9 Å². The summed E-state index contributed by atoms with van der Waals surface area (Å²) in [4.78, 5) is 2.67. The van der Waals surface area contributed by atoms with E-state index in [1.54, 1.807) is 0 Å². The molecule has 0 saturated carbocycles. The number of hydrogen-bond acceptors (Lipinski definition) is 4. The predicted molar refractivity (Wildman–Crippen MR) is 78.6 cm³/mol. The van der Waals surface area contributed by atoms with Gasteiger partial charge in [0, 0.05) is 38.8 Å². The minimum Gasteiger partial charge on any atom is -0.301 e. The smallest absolute Gasteiger partial charge is 0.0435 e. The second-order valence-electron chi connectivity index (χ2n) is 6.44. The van der Waals surface area contributed by atoms with Gasteiger partial charge in [-0.15, -0.1) is 0 Å². The fourth-order valence-electron chi connectivity index (χ4n) is 3.77. The van der Waals surface area contributed by atoms with Crippen molar-refractivity contribution in [2.45, 2.75) is 51.5 Å². The molecule has 0 amide bonds. The number of piperidine rings is 1. The normalized spacial score (nSPS) is 31.7. The lowest BCUT2D eigenvalue weighted by molar-refractivity contribution is -0.253. The molecule has 4 nitrogen and oxygen atoms in total. The summed E-state index contributed by atoms with van der Waals surface area (Å²) in [5, 5.41) is 7.66. The molecule has 0 spiro atoms. The van der Waals surface area contributed by atoms with Gasteiger partial charge in [0.2, 0.25) is 0 Å². The number of rotatable bonds is 5. The summed E-state index contributed by atoms with van der Waals surface area (Å²) in [6.07, 6.45) is 8.34. The average molecular weight is 266 g/mol. The zero-order valence-electron chi connectivity index (χ0n) is 12.6. The first-order valence-electron chi connectivity index (χ1n) is 8.36. The molecule has 3 heterocycles. The van der Waals surface area contributed by atoms with Crippen molar-refractivity contribution in [1.29, 1.82) is 0 Å². The van der Waals surface area contributed by atoms with Crippen LogP contribution >= 0.6 is 0 Å². The molecular weight excluding hydrogens is 236 g/mol. The van der Waals surface area contributed by atoms with Gasteiger partial charge in [-0.2, -0.15) is 5.12 Å². The maximum absolute atomic E-state index is 2.67. The molecule has 1 atom stereocenters. The van der Waals surface area contributed by atoms with Crippen molar-refractivity contribution in [2.24, 2.45) is 0 Å². The summed E-state index contributed by atoms with van der Waals surface area (Å²) in [6, 6.07) is 0.828. The van der Waals surface area contributed by atoms with E-state index in [9.17, 15) is 0 Å². The zero-order chi connectivity index (χ0) is 13.1. The van der Waals surface area contributed by atoms with E-state index in [-0.39, 0.29) is 0 Å². The molecular formula is C15H30N4. The van der Waals surface area contributed by atoms with Gasteiger partial charge >= 0.3 is 0 Å². The first-order valence-corrected chi connectivity index (χ1v) is 8.36. The van der Waals surface area contributed by atoms with Crippen molar-refractivity contribution in [2.75, 3.05) is 45.8 Å². The molecule has 0 bridgehead atoms. The molecule has 0 N–H and O–H groups in total. The Balaban J connectivity index is 1.36. The summed E-state index contributed by atoms with van der Waals surface area (Å²) in [6.45, 7) is 11.3. The molecule has 0 aromatic heterocycles. The largest absolute Gasteiger partial charge is 0.301 e. The van der Waals surface area contributed by atoms with Crippen molar-refractivity contribution < 1.29 is 0 Å². The standard InChI is InChI=1S/C15H30N4/c1-15-7-5-8-16(15)9-6-12-18-13-14-19(18)17-10-3-2-4-11-17/h15H,2-14H2,1H3. The van der Waals surface area contributed by atoms with E-state index in [1.165, 1.54) is 84.3 Å². The Morgan fingerprint density at radius 1 is 0.842 bits per heavy atom. The Kier molecular flexibility index (Phi) is 4.74. The number of nitrogens with zero attached hydrogens (tertiary/aromatic N) is 4. The highest BCUT2D eigenvalue weighted by Crippen LogP contribution is 2.20. The predicted octanol–water partition coefficient (Wildman–Crippen LogP) is 1.79. The van der Waals surface area contributed by atoms with E-state index in [2.05, 4.69) is 27.0 Å². The Bertz CT molecular complexity index is 277. The van der Waals surface area contributed by atoms with Gasteiger partial charge in [-0.3, -0.25) is 0 Å². The van der Waals surface area contributed by atoms with Gasteiger partial charge in [0.1, 0.15) is 0 Å². The molecule has 4 heteroatoms. The molecule has 3 saturated heterocycles. The molecule has 3 aliphatic rings. The lowest BCUT2D eigenvalue weighted by Crippen LogP contribution is -2.65. The topological polar surface area (TPSA) is 13.0 Å². The Hall–Kier alpha value is -0.160. The van der Waals surface area contributed by atoms with Crippen LogP contribution < -0.4 is 0 Å². The van der Waals surface area contributed by atoms with Gasteiger partial charge in [-0.1, -0.05) is 6.42 Å². The maximum Gasteiger partial charge on any atom is 0.0435 e. The summed E-state index contributed by atoms with van der Waals surface area (Å²) in [7, 11) is 0. The maximum atomic E-state index is 2.67. The van der Waals surface area contributed by atoms with E-state index in [1.807, 2.05) is 0 Å². The van der Waals surface area contributed by atoms with Crippen LogP contribution in [0.5, 0.6) is 0 Å². The van der Waals surface area contributed by atoms with Gasteiger partial charge in [-0.05, 0) is 52.1 Å². The molecule has 3 fully saturated rings. The van der Waals surface area contributed by atoms with Crippen LogP contribution in [0.25, 0.3) is 0 Å². The van der Waals surface area contributed by atoms with Crippen LogP contribution in [0, 0.1) is 0 Å². The van der Waals surface area contributed by atoms with Crippen molar-refractivity contribution in [3.63, 3.8) is 0 Å².